The molecule has 3 rings (SSSR count). The summed E-state index contributed by atoms with van der Waals surface area (Å²) in [6.45, 7) is 0.719. The highest BCUT2D eigenvalue weighted by atomic mass is 35.5. The molecule has 0 aliphatic carbocycles. The molecule has 0 fully saturated rings. The molecule has 3 N–H and O–H groups in total. The zero-order chi connectivity index (χ0) is 32.3. The normalized spacial score (nSPS) is 13.0. The van der Waals surface area contributed by atoms with Gasteiger partial charge >= 0.3 is 18.0 Å². The smallest absolute Gasteiger partial charge is 0.368 e. The van der Waals surface area contributed by atoms with Gasteiger partial charge in [-0.1, -0.05) is 29.8 Å². The summed E-state index contributed by atoms with van der Waals surface area (Å²) in [5, 5.41) is 6.55. The minimum absolute atomic E-state index is 0.208. The van der Waals surface area contributed by atoms with Crippen molar-refractivity contribution in [2.45, 2.75) is 63.6 Å². The Morgan fingerprint density at radius 2 is 1.60 bits per heavy atom. The van der Waals surface area contributed by atoms with Gasteiger partial charge in [0.1, 0.15) is 12.1 Å². The van der Waals surface area contributed by atoms with Gasteiger partial charge in [0, 0.05) is 23.6 Å². The summed E-state index contributed by atoms with van der Waals surface area (Å²) in [6, 6.07) is 9.63. The molecule has 43 heavy (non-hydrogen) atoms. The number of hydrogen-bond acceptors (Lipinski definition) is 5. The highest BCUT2D eigenvalue weighted by molar-refractivity contribution is 6.30. The Kier molecular flexibility index (Phi) is 9.79. The molecule has 0 aliphatic rings. The summed E-state index contributed by atoms with van der Waals surface area (Å²) in [4.78, 5) is 51.2. The van der Waals surface area contributed by atoms with Crippen molar-refractivity contribution in [2.24, 2.45) is 5.73 Å². The third-order valence-electron chi connectivity index (χ3n) is 6.41. The molecule has 2 amide bonds. The maximum atomic E-state index is 13.8. The number of nitrogens with two attached hydrogens (primary N) is 1. The number of alkyl halides is 6. The van der Waals surface area contributed by atoms with Gasteiger partial charge in [0.05, 0.1) is 17.9 Å². The van der Waals surface area contributed by atoms with E-state index >= 15 is 0 Å². The van der Waals surface area contributed by atoms with E-state index in [0.29, 0.717) is 20.3 Å². The molecular formula is C27H26ClF6N5O4. The predicted octanol–water partition coefficient (Wildman–Crippen LogP) is 4.46. The molecule has 0 saturated carbocycles. The second-order valence-corrected chi connectivity index (χ2v) is 10.6. The third-order valence-corrected chi connectivity index (χ3v) is 6.66. The van der Waals surface area contributed by atoms with Gasteiger partial charge in [-0.3, -0.25) is 19.0 Å². The number of carbonyl (C=O) groups excluding carboxylic acids is 3. The zero-order valence-corrected chi connectivity index (χ0v) is 23.5. The van der Waals surface area contributed by atoms with E-state index in [1.807, 2.05) is 0 Å². The van der Waals surface area contributed by atoms with Gasteiger partial charge in [0.25, 0.3) is 0 Å². The van der Waals surface area contributed by atoms with Crippen molar-refractivity contribution >= 4 is 29.2 Å². The van der Waals surface area contributed by atoms with Crippen molar-refractivity contribution in [3.8, 4) is 11.4 Å². The molecule has 1 heterocycles. The number of aromatic nitrogens is 3. The van der Waals surface area contributed by atoms with E-state index in [4.69, 9.17) is 17.3 Å². The van der Waals surface area contributed by atoms with Crippen LogP contribution in [-0.4, -0.2) is 43.7 Å². The number of carbonyl (C=O) groups is 3. The molecule has 2 aromatic carbocycles. The minimum atomic E-state index is -4.92. The molecule has 0 aliphatic heterocycles. The topological polar surface area (TPSA) is 129 Å². The van der Waals surface area contributed by atoms with E-state index in [0.717, 1.165) is 12.1 Å². The average Bonchev–Trinajstić information content (AvgIpc) is 3.19. The van der Waals surface area contributed by atoms with Crippen molar-refractivity contribution < 1.29 is 40.7 Å². The lowest BCUT2D eigenvalue weighted by molar-refractivity contribution is -0.140. The maximum Gasteiger partial charge on any atom is 0.416 e. The lowest BCUT2D eigenvalue weighted by Crippen LogP contribution is -2.54. The quantitative estimate of drug-likeness (QED) is 0.301. The number of Topliss-reactive ketones (excluding diaryl/α,β-unsaturated/α-hetero) is 1. The van der Waals surface area contributed by atoms with Crippen LogP contribution in [-0.2, 0) is 33.6 Å². The molecule has 0 bridgehead atoms. The van der Waals surface area contributed by atoms with Crippen molar-refractivity contribution in [3.63, 3.8) is 0 Å². The van der Waals surface area contributed by atoms with Crippen LogP contribution in [0.4, 0.5) is 26.3 Å². The van der Waals surface area contributed by atoms with Gasteiger partial charge in [-0.15, -0.1) is 5.10 Å². The Bertz CT molecular complexity index is 1560. The second-order valence-electron chi connectivity index (χ2n) is 10.1. The highest BCUT2D eigenvalue weighted by Gasteiger charge is 2.39. The number of halogens is 7. The van der Waals surface area contributed by atoms with Crippen LogP contribution in [0.15, 0.2) is 53.3 Å². The number of nitrogens with one attached hydrogen (secondary N) is 1. The minimum Gasteiger partial charge on any atom is -0.368 e. The molecular weight excluding hydrogens is 608 g/mol. The Balaban J connectivity index is 2.01. The van der Waals surface area contributed by atoms with Gasteiger partial charge in [0.2, 0.25) is 11.8 Å². The molecule has 0 spiro atoms. The number of amides is 2. The van der Waals surface area contributed by atoms with Crippen molar-refractivity contribution in [1.29, 1.82) is 0 Å². The highest BCUT2D eigenvalue weighted by Crippen LogP contribution is 2.36. The SMILES string of the molecule is CC(C)(NC(=O)C(CC(=O)Cn1nc(-c2ccc(Cl)cc2)n(CCC(F)(F)F)c1=O)c1ccccc1C(F)(F)F)C(N)=O. The van der Waals surface area contributed by atoms with Gasteiger partial charge in [0.15, 0.2) is 11.6 Å². The fourth-order valence-electron chi connectivity index (χ4n) is 4.12. The first kappa shape index (κ1) is 33.4. The fourth-order valence-corrected chi connectivity index (χ4v) is 4.24. The predicted molar refractivity (Wildman–Crippen MR) is 143 cm³/mol. The molecule has 1 unspecified atom stereocenters. The average molecular weight is 634 g/mol. The maximum absolute atomic E-state index is 13.8. The van der Waals surface area contributed by atoms with Crippen LogP contribution in [0.25, 0.3) is 11.4 Å². The Hall–Kier alpha value is -4.14. The molecule has 9 nitrogen and oxygen atoms in total. The first-order valence-electron chi connectivity index (χ1n) is 12.6. The lowest BCUT2D eigenvalue weighted by atomic mass is 9.88. The summed E-state index contributed by atoms with van der Waals surface area (Å²) in [7, 11) is 0. The van der Waals surface area contributed by atoms with E-state index in [2.05, 4.69) is 10.4 Å². The summed E-state index contributed by atoms with van der Waals surface area (Å²) >= 11 is 5.87. The number of nitrogens with zero attached hydrogens (tertiary/aromatic N) is 3. The summed E-state index contributed by atoms with van der Waals surface area (Å²) in [5.74, 6) is -5.07. The standard InChI is InChI=1S/C27H26ClF6N5O4/c1-25(2,23(35)42)36-22(41)19(18-5-3-4-6-20(18)27(32,33)34)13-17(40)14-39-24(43)38(12-11-26(29,30)31)21(37-39)15-7-9-16(28)10-8-15/h3-10,19H,11-14H2,1-2H3,(H2,35,42)(H,36,41). The van der Waals surface area contributed by atoms with Crippen LogP contribution < -0.4 is 16.7 Å². The van der Waals surface area contributed by atoms with E-state index in [-0.39, 0.29) is 11.4 Å². The zero-order valence-electron chi connectivity index (χ0n) is 22.7. The summed E-state index contributed by atoms with van der Waals surface area (Å²) in [5.41, 5.74) is 0.905. The van der Waals surface area contributed by atoms with Gasteiger partial charge in [-0.2, -0.15) is 26.3 Å². The molecule has 232 valence electrons. The molecule has 0 saturated heterocycles. The Morgan fingerprint density at radius 3 is 2.16 bits per heavy atom. The van der Waals surface area contributed by atoms with Crippen molar-refractivity contribution in [1.82, 2.24) is 19.7 Å². The Morgan fingerprint density at radius 1 is 1.00 bits per heavy atom. The number of ketones is 1. The first-order chi connectivity index (χ1) is 19.8. The van der Waals surface area contributed by atoms with Crippen molar-refractivity contribution in [2.75, 3.05) is 0 Å². The van der Waals surface area contributed by atoms with E-state index in [9.17, 15) is 45.5 Å². The van der Waals surface area contributed by atoms with Crippen LogP contribution in [0, 0.1) is 0 Å². The molecule has 1 atom stereocenters. The second kappa shape index (κ2) is 12.6. The van der Waals surface area contributed by atoms with Crippen molar-refractivity contribution in [3.05, 3.63) is 75.2 Å². The summed E-state index contributed by atoms with van der Waals surface area (Å²) < 4.78 is 81.7. The van der Waals surface area contributed by atoms with E-state index < -0.39 is 84.2 Å². The van der Waals surface area contributed by atoms with E-state index in [1.165, 1.54) is 44.2 Å². The first-order valence-corrected chi connectivity index (χ1v) is 13.0. The Labute approximate surface area is 245 Å². The molecule has 16 heteroatoms. The number of hydrogen-bond donors (Lipinski definition) is 2. The largest absolute Gasteiger partial charge is 0.416 e. The number of rotatable bonds is 11. The van der Waals surface area contributed by atoms with Crippen LogP contribution in [0.3, 0.4) is 0 Å². The van der Waals surface area contributed by atoms with Gasteiger partial charge in [-0.25, -0.2) is 9.48 Å². The monoisotopic (exact) mass is 633 g/mol. The third kappa shape index (κ3) is 8.46. The van der Waals surface area contributed by atoms with Gasteiger partial charge < -0.3 is 11.1 Å². The number of benzene rings is 2. The molecule has 3 aromatic rings. The van der Waals surface area contributed by atoms with Crippen LogP contribution in [0.2, 0.25) is 5.02 Å². The molecule has 0 radical (unpaired) electrons. The van der Waals surface area contributed by atoms with E-state index in [1.54, 1.807) is 0 Å². The van der Waals surface area contributed by atoms with Crippen LogP contribution in [0.1, 0.15) is 43.7 Å². The fraction of sp³-hybridized carbons (Fsp3) is 0.370. The van der Waals surface area contributed by atoms with Gasteiger partial charge in [-0.05, 0) is 49.7 Å². The molecule has 1 aromatic heterocycles. The lowest BCUT2D eigenvalue weighted by Gasteiger charge is -2.27. The van der Waals surface area contributed by atoms with Crippen LogP contribution >= 0.6 is 11.6 Å². The number of primary amides is 1. The van der Waals surface area contributed by atoms with Crippen LogP contribution in [0.5, 0.6) is 0 Å². The summed E-state index contributed by atoms with van der Waals surface area (Å²) in [6.07, 6.45) is -11.8.